The third-order valence-electron chi connectivity index (χ3n) is 5.59. The van der Waals surface area contributed by atoms with Crippen LogP contribution in [0, 0.1) is 0 Å². The van der Waals surface area contributed by atoms with E-state index in [0.717, 1.165) is 13.3 Å². The Morgan fingerprint density at radius 3 is 0.434 bits per heavy atom. The Morgan fingerprint density at radius 1 is 0.208 bits per heavy atom. The van der Waals surface area contributed by atoms with Gasteiger partial charge in [0.05, 0.1) is 0 Å². The van der Waals surface area contributed by atoms with Crippen LogP contribution < -0.4 is 0 Å². The Labute approximate surface area is 263 Å². The summed E-state index contributed by atoms with van der Waals surface area (Å²) in [5.74, 6) is -9.95. The molecule has 0 amide bonds. The first-order valence-corrected chi connectivity index (χ1v) is 12.4. The van der Waals surface area contributed by atoms with Gasteiger partial charge >= 0.3 is 98.8 Å². The maximum Gasteiger partial charge on any atom is 0.586 e. The number of halogens is 34. The largest absolute Gasteiger partial charge is 0.586 e. The van der Waals surface area contributed by atoms with Crippen molar-refractivity contribution in [1.82, 2.24) is 0 Å². The van der Waals surface area contributed by atoms with Crippen LogP contribution in [0.5, 0.6) is 0 Å². The highest BCUT2D eigenvalue weighted by atomic mass is 28.4. The fourth-order valence-electron chi connectivity index (χ4n) is 3.20. The molecule has 3 nitrogen and oxygen atoms in total. The first-order chi connectivity index (χ1) is 22.1. The zero-order valence-corrected chi connectivity index (χ0v) is 23.1. The minimum Gasteiger partial charge on any atom is -0.340 e. The van der Waals surface area contributed by atoms with Gasteiger partial charge < -0.3 is 13.3 Å². The van der Waals surface area contributed by atoms with Gasteiger partial charge in [0.25, 0.3) is 0 Å². The Bertz CT molecular complexity index is 1030. The lowest BCUT2D eigenvalue weighted by Gasteiger charge is -2.52. The minimum atomic E-state index is -13.4. The highest BCUT2D eigenvalue weighted by Gasteiger charge is 3.00. The van der Waals surface area contributed by atoms with E-state index in [2.05, 4.69) is 0 Å². The molecule has 0 aliphatic heterocycles. The van der Waals surface area contributed by atoms with Crippen LogP contribution in [0.4, 0.5) is 149 Å². The molecule has 0 atom stereocenters. The van der Waals surface area contributed by atoms with Crippen molar-refractivity contribution in [2.45, 2.75) is 90.0 Å². The molecular formula is C15F34O3Si. The maximum atomic E-state index is 15.0. The lowest BCUT2D eigenvalue weighted by molar-refractivity contribution is -0.485. The molecule has 0 aliphatic carbocycles. The lowest BCUT2D eigenvalue weighted by atomic mass is 10.0. The van der Waals surface area contributed by atoms with E-state index in [4.69, 9.17) is 0 Å². The van der Waals surface area contributed by atoms with Crippen molar-refractivity contribution in [3.05, 3.63) is 0 Å². The summed E-state index contributed by atoms with van der Waals surface area (Å²) >= 11 is 0. The van der Waals surface area contributed by atoms with Crippen molar-refractivity contribution in [2.75, 3.05) is 0 Å². The molecule has 0 aliphatic rings. The zero-order chi connectivity index (χ0) is 44.1. The van der Waals surface area contributed by atoms with E-state index in [-0.39, 0.29) is 0 Å². The van der Waals surface area contributed by atoms with Crippen LogP contribution in [0.3, 0.4) is 0 Å². The van der Waals surface area contributed by atoms with E-state index in [9.17, 15) is 140 Å². The summed E-state index contributed by atoms with van der Waals surface area (Å²) in [6.07, 6.45) is -95.7. The smallest absolute Gasteiger partial charge is 0.340 e. The zero-order valence-electron chi connectivity index (χ0n) is 22.1. The van der Waals surface area contributed by atoms with Gasteiger partial charge in [-0.1, -0.05) is 0 Å². The number of hydrogen-bond donors (Lipinski definition) is 0. The Balaban J connectivity index is 10.3. The first kappa shape index (κ1) is 50.7. The van der Waals surface area contributed by atoms with E-state index >= 15 is 8.78 Å². The molecular weight excluding hydrogens is 902 g/mol. The molecule has 38 heteroatoms. The van der Waals surface area contributed by atoms with Crippen molar-refractivity contribution in [1.29, 1.82) is 0 Å². The Morgan fingerprint density at radius 2 is 0.340 bits per heavy atom. The molecule has 0 bridgehead atoms. The van der Waals surface area contributed by atoms with Gasteiger partial charge in [0.1, 0.15) is 0 Å². The predicted molar refractivity (Wildman–Crippen MR) is 87.6 cm³/mol. The quantitative estimate of drug-likeness (QED) is 0.179. The van der Waals surface area contributed by atoms with Crippen LogP contribution in [0.25, 0.3) is 0 Å². The number of hydrogen-bond acceptors (Lipinski definition) is 3. The third-order valence-corrected chi connectivity index (χ3v) is 8.40. The van der Waals surface area contributed by atoms with Crippen molar-refractivity contribution in [3.63, 3.8) is 0 Å². The van der Waals surface area contributed by atoms with E-state index in [1.165, 1.54) is 0 Å². The van der Waals surface area contributed by atoms with Crippen molar-refractivity contribution in [2.24, 2.45) is 0 Å². The fraction of sp³-hybridized carbons (Fsp3) is 1.00. The van der Waals surface area contributed by atoms with Crippen LogP contribution in [-0.4, -0.2) is 98.8 Å². The molecule has 0 fully saturated rings. The second-order valence-electron chi connectivity index (χ2n) is 9.03. The van der Waals surface area contributed by atoms with Gasteiger partial charge in [-0.2, -0.15) is 149 Å². The molecule has 0 heterocycles. The molecule has 0 rings (SSSR count). The average molecular weight is 902 g/mol. The Hall–Kier alpha value is -2.28. The molecule has 0 aromatic rings. The van der Waals surface area contributed by atoms with Gasteiger partial charge in [0.2, 0.25) is 0 Å². The van der Waals surface area contributed by atoms with E-state index < -0.39 is 98.8 Å². The summed E-state index contributed by atoms with van der Waals surface area (Å²) in [6, 6.07) is 0. The Kier molecular flexibility index (Phi) is 12.1. The number of alkyl halides is 34. The summed E-state index contributed by atoms with van der Waals surface area (Å²) in [5.41, 5.74) is -40.8. The lowest BCUT2D eigenvalue weighted by Crippen LogP contribution is -2.86. The summed E-state index contributed by atoms with van der Waals surface area (Å²) in [4.78, 5) is 0. The molecule has 0 aromatic carbocycles. The van der Waals surface area contributed by atoms with E-state index in [0.29, 0.717) is 0 Å². The average Bonchev–Trinajstić information content (AvgIpc) is 2.74. The molecule has 0 saturated heterocycles. The number of rotatable bonds is 8. The first-order valence-electron chi connectivity index (χ1n) is 10.7. The second kappa shape index (κ2) is 12.6. The van der Waals surface area contributed by atoms with Gasteiger partial charge in [-0.25, -0.2) is 0 Å². The predicted octanol–water partition coefficient (Wildman–Crippen LogP) is 10.6. The van der Waals surface area contributed by atoms with Gasteiger partial charge in [0.15, 0.2) is 0 Å². The van der Waals surface area contributed by atoms with Crippen LogP contribution in [0.1, 0.15) is 0 Å². The van der Waals surface area contributed by atoms with Gasteiger partial charge in [0, 0.05) is 0 Å². The van der Waals surface area contributed by atoms with E-state index in [1.54, 1.807) is 0 Å². The molecule has 0 unspecified atom stereocenters. The van der Waals surface area contributed by atoms with Crippen LogP contribution in [0.2, 0.25) is 0 Å². The van der Waals surface area contributed by atoms with E-state index in [1.807, 2.05) is 0 Å². The van der Waals surface area contributed by atoms with Crippen LogP contribution >= 0.6 is 0 Å². The fourth-order valence-corrected chi connectivity index (χ4v) is 6.48. The van der Waals surface area contributed by atoms with Gasteiger partial charge in [-0.05, 0) is 0 Å². The third kappa shape index (κ3) is 7.40. The standard InChI is InChI=1S/C15F34O3Si/c16-4(17,14(45,46)47)15(48,49)53(50-1(5(18,19)20,6(21,22)23)7(24,25)26,51-2(8(27,28)29,9(30,31)32)10(33,34)35)52-3(11(36,37)38,12(39,40)41)13(42,43)44. The highest BCUT2D eigenvalue weighted by Crippen LogP contribution is 2.66. The molecule has 0 spiro atoms. The van der Waals surface area contributed by atoms with Gasteiger partial charge in [-0.3, -0.25) is 0 Å². The molecule has 53 heavy (non-hydrogen) atoms. The monoisotopic (exact) mass is 902 g/mol. The molecule has 0 aromatic heterocycles. The highest BCUT2D eigenvalue weighted by molar-refractivity contribution is 6.64. The van der Waals surface area contributed by atoms with Crippen molar-refractivity contribution in [3.8, 4) is 0 Å². The molecule has 0 saturated carbocycles. The topological polar surface area (TPSA) is 27.7 Å². The van der Waals surface area contributed by atoms with Crippen molar-refractivity contribution >= 4 is 8.80 Å². The maximum absolute atomic E-state index is 15.0. The van der Waals surface area contributed by atoms with Crippen LogP contribution in [0.15, 0.2) is 0 Å². The minimum absolute atomic E-state index is 0.737. The molecule has 0 radical (unpaired) electrons. The summed E-state index contributed by atoms with van der Waals surface area (Å²) in [5, 5.41) is 0. The van der Waals surface area contributed by atoms with Crippen molar-refractivity contribution < 1.29 is 163 Å². The summed E-state index contributed by atoms with van der Waals surface area (Å²) in [7, 11) is -13.4. The summed E-state index contributed by atoms with van der Waals surface area (Å²) < 4.78 is 462. The normalized spacial score (nSPS) is 17.1. The molecule has 0 N–H and O–H groups in total. The SMILES string of the molecule is FC(F)(F)C(F)(F)C(F)(F)[Si](OC(C(F)(F)F)(C(F)(F)F)C(F)(F)F)(OC(C(F)(F)F)(C(F)(F)F)C(F)(F)F)OC(C(F)(F)F)(C(F)(F)F)C(F)(F)F. The molecule has 320 valence electrons. The van der Waals surface area contributed by atoms with Crippen LogP contribution in [-0.2, 0) is 13.3 Å². The van der Waals surface area contributed by atoms with Gasteiger partial charge in [-0.15, -0.1) is 0 Å². The summed E-state index contributed by atoms with van der Waals surface area (Å²) in [6.45, 7) is 0. The second-order valence-corrected chi connectivity index (χ2v) is 11.4.